The SMILES string of the molecule is CC[C@@H](C)[C@H](NC(=O)COC(=O)Cc1coc2cc(C)c(C)cc12)C(=O)OC. The highest BCUT2D eigenvalue weighted by Crippen LogP contribution is 2.25. The first-order valence-corrected chi connectivity index (χ1v) is 9.26. The van der Waals surface area contributed by atoms with Crippen molar-refractivity contribution in [1.29, 1.82) is 0 Å². The monoisotopic (exact) mass is 389 g/mol. The summed E-state index contributed by atoms with van der Waals surface area (Å²) in [5.41, 5.74) is 3.62. The van der Waals surface area contributed by atoms with Gasteiger partial charge in [-0.25, -0.2) is 4.79 Å². The molecule has 7 nitrogen and oxygen atoms in total. The van der Waals surface area contributed by atoms with Crippen molar-refractivity contribution in [2.45, 2.75) is 46.6 Å². The van der Waals surface area contributed by atoms with Crippen LogP contribution in [0.2, 0.25) is 0 Å². The summed E-state index contributed by atoms with van der Waals surface area (Å²) in [5, 5.41) is 3.42. The van der Waals surface area contributed by atoms with Gasteiger partial charge < -0.3 is 19.2 Å². The third-order valence-corrected chi connectivity index (χ3v) is 4.95. The van der Waals surface area contributed by atoms with Crippen LogP contribution < -0.4 is 5.32 Å². The Balaban J connectivity index is 1.94. The zero-order valence-corrected chi connectivity index (χ0v) is 17.0. The van der Waals surface area contributed by atoms with E-state index in [0.717, 1.165) is 16.5 Å². The molecule has 1 N–H and O–H groups in total. The van der Waals surface area contributed by atoms with Gasteiger partial charge in [0, 0.05) is 10.9 Å². The topological polar surface area (TPSA) is 94.8 Å². The van der Waals surface area contributed by atoms with Crippen LogP contribution in [0.1, 0.15) is 37.0 Å². The van der Waals surface area contributed by atoms with Gasteiger partial charge in [-0.2, -0.15) is 0 Å². The highest BCUT2D eigenvalue weighted by molar-refractivity contribution is 5.89. The molecule has 1 aromatic carbocycles. The minimum atomic E-state index is -0.773. The number of esters is 2. The molecule has 0 radical (unpaired) electrons. The third-order valence-electron chi connectivity index (χ3n) is 4.95. The first-order valence-electron chi connectivity index (χ1n) is 9.26. The molecule has 28 heavy (non-hydrogen) atoms. The predicted octanol–water partition coefficient (Wildman–Crippen LogP) is 2.84. The highest BCUT2D eigenvalue weighted by atomic mass is 16.5. The molecule has 1 aromatic heterocycles. The molecule has 2 rings (SSSR count). The molecule has 0 unspecified atom stereocenters. The second kappa shape index (κ2) is 9.39. The van der Waals surface area contributed by atoms with E-state index < -0.39 is 30.5 Å². The lowest BCUT2D eigenvalue weighted by molar-refractivity contribution is -0.150. The van der Waals surface area contributed by atoms with E-state index in [2.05, 4.69) is 5.32 Å². The van der Waals surface area contributed by atoms with E-state index >= 15 is 0 Å². The summed E-state index contributed by atoms with van der Waals surface area (Å²) >= 11 is 0. The van der Waals surface area contributed by atoms with E-state index in [1.807, 2.05) is 39.8 Å². The number of hydrogen-bond acceptors (Lipinski definition) is 6. The van der Waals surface area contributed by atoms with Gasteiger partial charge in [-0.15, -0.1) is 0 Å². The van der Waals surface area contributed by atoms with Gasteiger partial charge in [0.1, 0.15) is 11.6 Å². The zero-order chi connectivity index (χ0) is 20.8. The summed E-state index contributed by atoms with van der Waals surface area (Å²) in [6.45, 7) is 7.26. The Morgan fingerprint density at radius 1 is 1.18 bits per heavy atom. The number of carbonyl (C=O) groups excluding carboxylic acids is 3. The summed E-state index contributed by atoms with van der Waals surface area (Å²) in [7, 11) is 1.27. The normalized spacial score (nSPS) is 13.0. The summed E-state index contributed by atoms with van der Waals surface area (Å²) in [5.74, 6) is -1.72. The number of ether oxygens (including phenoxy) is 2. The maximum Gasteiger partial charge on any atom is 0.328 e. The van der Waals surface area contributed by atoms with Gasteiger partial charge in [0.2, 0.25) is 0 Å². The first kappa shape index (κ1) is 21.5. The van der Waals surface area contributed by atoms with E-state index in [1.54, 1.807) is 0 Å². The molecule has 0 aliphatic rings. The molecular weight excluding hydrogens is 362 g/mol. The van der Waals surface area contributed by atoms with E-state index in [0.29, 0.717) is 17.6 Å². The van der Waals surface area contributed by atoms with Crippen LogP contribution in [0.5, 0.6) is 0 Å². The fraction of sp³-hybridized carbons (Fsp3) is 0.476. The molecule has 1 amide bonds. The maximum absolute atomic E-state index is 12.1. The Labute approximate surface area is 164 Å². The zero-order valence-electron chi connectivity index (χ0n) is 17.0. The lowest BCUT2D eigenvalue weighted by atomic mass is 9.99. The van der Waals surface area contributed by atoms with Crippen LogP contribution in [0.15, 0.2) is 22.8 Å². The Morgan fingerprint density at radius 3 is 2.50 bits per heavy atom. The number of nitrogens with one attached hydrogen (secondary N) is 1. The lowest BCUT2D eigenvalue weighted by Crippen LogP contribution is -2.47. The number of benzene rings is 1. The van der Waals surface area contributed by atoms with Gasteiger partial charge in [0.05, 0.1) is 19.8 Å². The minimum absolute atomic E-state index is 0.00538. The number of hydrogen-bond donors (Lipinski definition) is 1. The molecule has 7 heteroatoms. The average Bonchev–Trinajstić information content (AvgIpc) is 3.05. The van der Waals surface area contributed by atoms with Crippen LogP contribution in [-0.4, -0.2) is 37.6 Å². The van der Waals surface area contributed by atoms with Gasteiger partial charge in [-0.3, -0.25) is 9.59 Å². The van der Waals surface area contributed by atoms with E-state index in [1.165, 1.54) is 13.4 Å². The third kappa shape index (κ3) is 5.12. The molecule has 0 aliphatic carbocycles. The van der Waals surface area contributed by atoms with Crippen molar-refractivity contribution in [1.82, 2.24) is 5.32 Å². The number of aryl methyl sites for hydroxylation is 2. The minimum Gasteiger partial charge on any atom is -0.467 e. The average molecular weight is 389 g/mol. The molecule has 0 fully saturated rings. The molecule has 0 saturated heterocycles. The van der Waals surface area contributed by atoms with Gasteiger partial charge >= 0.3 is 11.9 Å². The van der Waals surface area contributed by atoms with Crippen LogP contribution in [0.4, 0.5) is 0 Å². The van der Waals surface area contributed by atoms with Crippen molar-refractivity contribution >= 4 is 28.8 Å². The van der Waals surface area contributed by atoms with Gasteiger partial charge in [-0.1, -0.05) is 20.3 Å². The summed E-state index contributed by atoms with van der Waals surface area (Å²) in [4.78, 5) is 36.0. The molecule has 0 saturated carbocycles. The molecular formula is C21H27NO6. The van der Waals surface area contributed by atoms with Crippen molar-refractivity contribution < 1.29 is 28.3 Å². The van der Waals surface area contributed by atoms with Crippen LogP contribution in [0, 0.1) is 19.8 Å². The second-order valence-corrected chi connectivity index (χ2v) is 6.98. The number of carbonyl (C=O) groups is 3. The number of fused-ring (bicyclic) bond motifs is 1. The van der Waals surface area contributed by atoms with E-state index in [-0.39, 0.29) is 12.3 Å². The standard InChI is InChI=1S/C21H27NO6/c1-6-12(2)20(21(25)26-5)22-18(23)11-28-19(24)9-15-10-27-17-8-14(4)13(3)7-16(15)17/h7-8,10,12,20H,6,9,11H2,1-5H3,(H,22,23)/t12-,20+/m1/s1. The fourth-order valence-electron chi connectivity index (χ4n) is 2.84. The van der Waals surface area contributed by atoms with Gasteiger partial charge in [0.15, 0.2) is 6.61 Å². The van der Waals surface area contributed by atoms with Crippen molar-refractivity contribution in [3.05, 3.63) is 35.1 Å². The van der Waals surface area contributed by atoms with Crippen molar-refractivity contribution in [3.63, 3.8) is 0 Å². The largest absolute Gasteiger partial charge is 0.467 e. The quantitative estimate of drug-likeness (QED) is 0.698. The smallest absolute Gasteiger partial charge is 0.328 e. The van der Waals surface area contributed by atoms with Crippen molar-refractivity contribution in [3.8, 4) is 0 Å². The maximum atomic E-state index is 12.1. The molecule has 0 bridgehead atoms. The number of amides is 1. The molecule has 2 atom stereocenters. The summed E-state index contributed by atoms with van der Waals surface area (Å²) < 4.78 is 15.3. The summed E-state index contributed by atoms with van der Waals surface area (Å²) in [6, 6.07) is 3.12. The van der Waals surface area contributed by atoms with Gasteiger partial charge in [0.25, 0.3) is 5.91 Å². The Morgan fingerprint density at radius 2 is 1.86 bits per heavy atom. The van der Waals surface area contributed by atoms with Crippen LogP contribution in [0.3, 0.4) is 0 Å². The molecule has 0 aliphatic heterocycles. The first-order chi connectivity index (χ1) is 13.3. The van der Waals surface area contributed by atoms with Crippen LogP contribution >= 0.6 is 0 Å². The van der Waals surface area contributed by atoms with Crippen molar-refractivity contribution in [2.75, 3.05) is 13.7 Å². The van der Waals surface area contributed by atoms with E-state index in [4.69, 9.17) is 13.9 Å². The number of rotatable bonds is 8. The Kier molecular flexibility index (Phi) is 7.20. The van der Waals surface area contributed by atoms with Crippen LogP contribution in [-0.2, 0) is 30.3 Å². The number of methoxy groups -OCH3 is 1. The molecule has 2 aromatic rings. The summed E-state index contributed by atoms with van der Waals surface area (Å²) in [6.07, 6.45) is 2.21. The predicted molar refractivity (Wildman–Crippen MR) is 104 cm³/mol. The van der Waals surface area contributed by atoms with Crippen LogP contribution in [0.25, 0.3) is 11.0 Å². The lowest BCUT2D eigenvalue weighted by Gasteiger charge is -2.21. The van der Waals surface area contributed by atoms with Crippen molar-refractivity contribution in [2.24, 2.45) is 5.92 Å². The van der Waals surface area contributed by atoms with E-state index in [9.17, 15) is 14.4 Å². The Hall–Kier alpha value is -2.83. The number of furan rings is 1. The Bertz CT molecular complexity index is 869. The second-order valence-electron chi connectivity index (χ2n) is 6.98. The molecule has 1 heterocycles. The highest BCUT2D eigenvalue weighted by Gasteiger charge is 2.27. The van der Waals surface area contributed by atoms with Gasteiger partial charge in [-0.05, 0) is 43.0 Å². The molecule has 0 spiro atoms. The fourth-order valence-corrected chi connectivity index (χ4v) is 2.84. The molecule has 152 valence electrons.